The number of carbonyl (C=O) groups is 1. The van der Waals surface area contributed by atoms with Crippen molar-refractivity contribution in [1.29, 1.82) is 0 Å². The zero-order valence-electron chi connectivity index (χ0n) is 13.1. The number of benzene rings is 1. The number of oxazole rings is 1. The van der Waals surface area contributed by atoms with Crippen molar-refractivity contribution in [3.8, 4) is 0 Å². The van der Waals surface area contributed by atoms with Crippen LogP contribution < -0.4 is 5.32 Å². The van der Waals surface area contributed by atoms with Gasteiger partial charge in [0.15, 0.2) is 6.39 Å². The molecular weight excluding hydrogens is 290 g/mol. The van der Waals surface area contributed by atoms with Crippen LogP contribution in [0.4, 0.5) is 0 Å². The summed E-state index contributed by atoms with van der Waals surface area (Å²) in [7, 11) is 0. The molecule has 0 bridgehead atoms. The van der Waals surface area contributed by atoms with E-state index in [0.717, 1.165) is 37.2 Å². The van der Waals surface area contributed by atoms with E-state index in [9.17, 15) is 4.79 Å². The van der Waals surface area contributed by atoms with Gasteiger partial charge in [0.05, 0.1) is 5.69 Å². The first-order chi connectivity index (χ1) is 11.3. The van der Waals surface area contributed by atoms with Gasteiger partial charge in [0.2, 0.25) is 0 Å². The summed E-state index contributed by atoms with van der Waals surface area (Å²) in [5.41, 5.74) is 2.94. The van der Waals surface area contributed by atoms with Crippen LogP contribution in [0.3, 0.4) is 0 Å². The van der Waals surface area contributed by atoms with Crippen molar-refractivity contribution in [2.24, 2.45) is 0 Å². The molecule has 5 nitrogen and oxygen atoms in total. The fourth-order valence-electron chi connectivity index (χ4n) is 2.77. The molecule has 4 rings (SSSR count). The van der Waals surface area contributed by atoms with E-state index in [1.807, 2.05) is 12.1 Å². The second kappa shape index (κ2) is 6.16. The maximum absolute atomic E-state index is 12.0. The van der Waals surface area contributed by atoms with E-state index in [1.165, 1.54) is 24.8 Å². The second-order valence-corrected chi connectivity index (χ2v) is 6.56. The lowest BCUT2D eigenvalue weighted by atomic mass is 10.1. The highest BCUT2D eigenvalue weighted by Crippen LogP contribution is 2.29. The molecule has 23 heavy (non-hydrogen) atoms. The van der Waals surface area contributed by atoms with Crippen molar-refractivity contribution in [1.82, 2.24) is 15.2 Å². The molecule has 0 atom stereocenters. The van der Waals surface area contributed by atoms with E-state index >= 15 is 0 Å². The molecular formula is C18H21N3O2. The Morgan fingerprint density at radius 1 is 1.17 bits per heavy atom. The number of aromatic nitrogens is 1. The number of nitrogens with one attached hydrogen (secondary N) is 1. The zero-order valence-corrected chi connectivity index (χ0v) is 13.1. The number of hydrogen-bond acceptors (Lipinski definition) is 4. The standard InChI is InChI=1S/C18H21N3O2/c22-18(20-15-5-6-15)14-3-1-13(2-4-14)9-21(17-7-8-17)10-16-11-23-12-19-16/h1-4,11-12,15,17H,5-10H2,(H,20,22). The first-order valence-electron chi connectivity index (χ1n) is 8.29. The first-order valence-corrected chi connectivity index (χ1v) is 8.29. The third-order valence-electron chi connectivity index (χ3n) is 4.43. The van der Waals surface area contributed by atoms with Crippen LogP contribution in [-0.4, -0.2) is 27.9 Å². The topological polar surface area (TPSA) is 58.4 Å². The van der Waals surface area contributed by atoms with Gasteiger partial charge < -0.3 is 9.73 Å². The Labute approximate surface area is 135 Å². The van der Waals surface area contributed by atoms with Crippen molar-refractivity contribution in [2.45, 2.75) is 50.9 Å². The Balaban J connectivity index is 1.39. The lowest BCUT2D eigenvalue weighted by molar-refractivity contribution is 0.0951. The maximum atomic E-state index is 12.0. The van der Waals surface area contributed by atoms with E-state index in [2.05, 4.69) is 27.3 Å². The molecule has 2 aromatic rings. The van der Waals surface area contributed by atoms with Gasteiger partial charge in [-0.05, 0) is 43.4 Å². The minimum atomic E-state index is 0.0423. The van der Waals surface area contributed by atoms with Gasteiger partial charge in [0.1, 0.15) is 6.26 Å². The molecule has 0 radical (unpaired) electrons. The summed E-state index contributed by atoms with van der Waals surface area (Å²) in [4.78, 5) is 18.7. The molecule has 0 aliphatic heterocycles. The molecule has 0 spiro atoms. The number of amides is 1. The number of nitrogens with zero attached hydrogens (tertiary/aromatic N) is 2. The van der Waals surface area contributed by atoms with Gasteiger partial charge in [-0.1, -0.05) is 12.1 Å². The number of carbonyl (C=O) groups excluding carboxylic acids is 1. The van der Waals surface area contributed by atoms with Gasteiger partial charge in [-0.2, -0.15) is 0 Å². The molecule has 1 heterocycles. The highest BCUT2D eigenvalue weighted by atomic mass is 16.3. The lowest BCUT2D eigenvalue weighted by Crippen LogP contribution is -2.26. The van der Waals surface area contributed by atoms with Crippen molar-refractivity contribution in [3.63, 3.8) is 0 Å². The fraction of sp³-hybridized carbons (Fsp3) is 0.444. The maximum Gasteiger partial charge on any atom is 0.251 e. The fourth-order valence-corrected chi connectivity index (χ4v) is 2.77. The smallest absolute Gasteiger partial charge is 0.251 e. The minimum absolute atomic E-state index is 0.0423. The Bertz CT molecular complexity index is 658. The Morgan fingerprint density at radius 3 is 2.57 bits per heavy atom. The molecule has 2 aliphatic carbocycles. The molecule has 0 unspecified atom stereocenters. The van der Waals surface area contributed by atoms with Gasteiger partial charge >= 0.3 is 0 Å². The van der Waals surface area contributed by atoms with Crippen LogP contribution in [0.25, 0.3) is 0 Å². The molecule has 2 saturated carbocycles. The monoisotopic (exact) mass is 311 g/mol. The molecule has 1 amide bonds. The quantitative estimate of drug-likeness (QED) is 0.854. The average Bonchev–Trinajstić information content (AvgIpc) is 3.49. The van der Waals surface area contributed by atoms with E-state index in [4.69, 9.17) is 4.42 Å². The molecule has 1 aromatic heterocycles. The predicted molar refractivity (Wildman–Crippen MR) is 85.7 cm³/mol. The summed E-state index contributed by atoms with van der Waals surface area (Å²) >= 11 is 0. The number of hydrogen-bond donors (Lipinski definition) is 1. The van der Waals surface area contributed by atoms with Gasteiger partial charge in [-0.25, -0.2) is 4.98 Å². The normalized spacial score (nSPS) is 17.4. The van der Waals surface area contributed by atoms with Crippen molar-refractivity contribution < 1.29 is 9.21 Å². The predicted octanol–water partition coefficient (Wildman–Crippen LogP) is 2.73. The average molecular weight is 311 g/mol. The van der Waals surface area contributed by atoms with E-state index in [1.54, 1.807) is 6.26 Å². The van der Waals surface area contributed by atoms with E-state index < -0.39 is 0 Å². The Morgan fingerprint density at radius 2 is 1.96 bits per heavy atom. The van der Waals surface area contributed by atoms with Crippen LogP contribution in [0.15, 0.2) is 41.3 Å². The highest BCUT2D eigenvalue weighted by Gasteiger charge is 2.29. The van der Waals surface area contributed by atoms with Crippen molar-refractivity contribution in [2.75, 3.05) is 0 Å². The van der Waals surface area contributed by atoms with E-state index in [-0.39, 0.29) is 5.91 Å². The van der Waals surface area contributed by atoms with Crippen LogP contribution in [0.2, 0.25) is 0 Å². The molecule has 2 aliphatic rings. The van der Waals surface area contributed by atoms with Gasteiger partial charge in [0, 0.05) is 30.7 Å². The van der Waals surface area contributed by atoms with Crippen LogP contribution in [0.1, 0.15) is 47.3 Å². The first kappa shape index (κ1) is 14.5. The Hall–Kier alpha value is -2.14. The summed E-state index contributed by atoms with van der Waals surface area (Å²) < 4.78 is 5.06. The molecule has 5 heteroatoms. The second-order valence-electron chi connectivity index (χ2n) is 6.56. The third kappa shape index (κ3) is 3.79. The Kier molecular flexibility index (Phi) is 3.87. The van der Waals surface area contributed by atoms with Crippen LogP contribution in [0, 0.1) is 0 Å². The minimum Gasteiger partial charge on any atom is -0.451 e. The van der Waals surface area contributed by atoms with Crippen LogP contribution in [0.5, 0.6) is 0 Å². The molecule has 1 N–H and O–H groups in total. The molecule has 0 saturated heterocycles. The van der Waals surface area contributed by atoms with Crippen molar-refractivity contribution in [3.05, 3.63) is 53.7 Å². The van der Waals surface area contributed by atoms with Gasteiger partial charge in [0.25, 0.3) is 5.91 Å². The number of rotatable bonds is 7. The highest BCUT2D eigenvalue weighted by molar-refractivity contribution is 5.94. The lowest BCUT2D eigenvalue weighted by Gasteiger charge is -2.20. The molecule has 2 fully saturated rings. The third-order valence-corrected chi connectivity index (χ3v) is 4.43. The van der Waals surface area contributed by atoms with E-state index in [0.29, 0.717) is 12.1 Å². The summed E-state index contributed by atoms with van der Waals surface area (Å²) in [5, 5.41) is 3.02. The van der Waals surface area contributed by atoms with Crippen molar-refractivity contribution >= 4 is 5.91 Å². The van der Waals surface area contributed by atoms with Crippen LogP contribution >= 0.6 is 0 Å². The largest absolute Gasteiger partial charge is 0.451 e. The summed E-state index contributed by atoms with van der Waals surface area (Å²) in [5.74, 6) is 0.0423. The van der Waals surface area contributed by atoms with Gasteiger partial charge in [-0.3, -0.25) is 9.69 Å². The van der Waals surface area contributed by atoms with Gasteiger partial charge in [-0.15, -0.1) is 0 Å². The summed E-state index contributed by atoms with van der Waals surface area (Å²) in [6.07, 6.45) is 7.91. The summed E-state index contributed by atoms with van der Waals surface area (Å²) in [6.45, 7) is 1.69. The SMILES string of the molecule is O=C(NC1CC1)c1ccc(CN(Cc2cocn2)C2CC2)cc1. The summed E-state index contributed by atoms with van der Waals surface area (Å²) in [6, 6.07) is 9.00. The van der Waals surface area contributed by atoms with Crippen LogP contribution in [-0.2, 0) is 13.1 Å². The zero-order chi connectivity index (χ0) is 15.6. The molecule has 120 valence electrons. The molecule has 1 aromatic carbocycles.